The molecule has 122 valence electrons. The topological polar surface area (TPSA) is 38.0 Å². The predicted octanol–water partition coefficient (Wildman–Crippen LogP) is 4.91. The molecule has 3 nitrogen and oxygen atoms in total. The number of hydrogen-bond acceptors (Lipinski definition) is 2. The van der Waals surface area contributed by atoms with Crippen LogP contribution in [0.4, 0.5) is 0 Å². The summed E-state index contributed by atoms with van der Waals surface area (Å²) >= 11 is 0. The Morgan fingerprint density at radius 2 is 1.64 bits per heavy atom. The number of aliphatic hydroxyl groups excluding tert-OH is 1. The van der Waals surface area contributed by atoms with Crippen LogP contribution in [-0.4, -0.2) is 14.7 Å². The van der Waals surface area contributed by atoms with Crippen molar-refractivity contribution in [2.45, 2.75) is 6.10 Å². The fraction of sp³-hybridized carbons (Fsp3) is 0.0455. The quantitative estimate of drug-likeness (QED) is 0.541. The Morgan fingerprint density at radius 1 is 0.920 bits per heavy atom. The minimum absolute atomic E-state index is 0.775. The zero-order valence-electron chi connectivity index (χ0n) is 13.7. The molecule has 4 aromatic rings. The number of fused-ring (bicyclic) bond motifs is 1. The molecule has 1 unspecified atom stereocenters. The summed E-state index contributed by atoms with van der Waals surface area (Å²) in [6, 6.07) is 24.0. The molecular weight excluding hydrogens is 308 g/mol. The maximum Gasteiger partial charge on any atom is 0.137 e. The van der Waals surface area contributed by atoms with E-state index in [-0.39, 0.29) is 0 Å². The van der Waals surface area contributed by atoms with Gasteiger partial charge in [0.2, 0.25) is 0 Å². The van der Waals surface area contributed by atoms with Crippen molar-refractivity contribution >= 4 is 10.9 Å². The van der Waals surface area contributed by atoms with E-state index >= 15 is 0 Å². The first kappa shape index (κ1) is 15.4. The monoisotopic (exact) mass is 326 g/mol. The molecule has 1 atom stereocenters. The third kappa shape index (κ3) is 2.55. The smallest absolute Gasteiger partial charge is 0.137 e. The number of rotatable bonds is 4. The average molecular weight is 326 g/mol. The largest absolute Gasteiger partial charge is 0.383 e. The molecule has 2 heterocycles. The number of aliphatic hydroxyl groups is 1. The van der Waals surface area contributed by atoms with Gasteiger partial charge in [0.25, 0.3) is 0 Å². The lowest BCUT2D eigenvalue weighted by molar-refractivity contribution is 0.223. The molecule has 0 spiro atoms. The highest BCUT2D eigenvalue weighted by atomic mass is 16.3. The Labute approximate surface area is 146 Å². The van der Waals surface area contributed by atoms with Crippen LogP contribution < -0.4 is 0 Å². The molecule has 0 aliphatic rings. The highest BCUT2D eigenvalue weighted by Gasteiger charge is 2.23. The van der Waals surface area contributed by atoms with Crippen molar-refractivity contribution in [3.05, 3.63) is 97.3 Å². The standard InChI is InChI=1S/C22H18N2O/c1-2-19(25)22-21(16-10-4-3-5-11-16)17-12-6-7-13-18(17)24(22)20-14-8-9-15-23-20/h2-15,19,25H,1H2. The van der Waals surface area contributed by atoms with Gasteiger partial charge in [-0.15, -0.1) is 6.58 Å². The van der Waals surface area contributed by atoms with E-state index in [1.54, 1.807) is 12.3 Å². The third-order valence-corrected chi connectivity index (χ3v) is 4.36. The number of pyridine rings is 1. The maximum absolute atomic E-state index is 10.7. The Morgan fingerprint density at radius 3 is 2.36 bits per heavy atom. The zero-order chi connectivity index (χ0) is 17.2. The third-order valence-electron chi connectivity index (χ3n) is 4.36. The van der Waals surface area contributed by atoms with Crippen LogP contribution in [0.1, 0.15) is 11.8 Å². The Kier molecular flexibility index (Phi) is 3.92. The SMILES string of the molecule is C=CC(O)c1c(-c2ccccc2)c2ccccc2n1-c1ccccn1. The molecular formula is C22H18N2O. The van der Waals surface area contributed by atoms with Gasteiger partial charge < -0.3 is 5.11 Å². The van der Waals surface area contributed by atoms with Gasteiger partial charge >= 0.3 is 0 Å². The predicted molar refractivity (Wildman–Crippen MR) is 102 cm³/mol. The molecule has 0 aliphatic carbocycles. The van der Waals surface area contributed by atoms with Gasteiger partial charge in [-0.25, -0.2) is 4.98 Å². The fourth-order valence-corrected chi connectivity index (χ4v) is 3.29. The average Bonchev–Trinajstić information content (AvgIpc) is 3.04. The second-order valence-corrected chi connectivity index (χ2v) is 5.85. The van der Waals surface area contributed by atoms with E-state index in [4.69, 9.17) is 0 Å². The lowest BCUT2D eigenvalue weighted by atomic mass is 9.99. The summed E-state index contributed by atoms with van der Waals surface area (Å²) in [5, 5.41) is 11.8. The van der Waals surface area contributed by atoms with Crippen molar-refractivity contribution in [3.8, 4) is 16.9 Å². The van der Waals surface area contributed by atoms with E-state index < -0.39 is 6.10 Å². The Balaban J connectivity index is 2.16. The highest BCUT2D eigenvalue weighted by Crippen LogP contribution is 2.39. The molecule has 0 amide bonds. The van der Waals surface area contributed by atoms with Crippen molar-refractivity contribution in [2.75, 3.05) is 0 Å². The summed E-state index contributed by atoms with van der Waals surface area (Å²) in [5.41, 5.74) is 3.86. The number of hydrogen-bond donors (Lipinski definition) is 1. The van der Waals surface area contributed by atoms with E-state index in [0.717, 1.165) is 33.5 Å². The van der Waals surface area contributed by atoms with E-state index in [1.165, 1.54) is 0 Å². The van der Waals surface area contributed by atoms with Gasteiger partial charge in [-0.3, -0.25) is 4.57 Å². The van der Waals surface area contributed by atoms with Gasteiger partial charge in [0.1, 0.15) is 11.9 Å². The molecule has 0 saturated heterocycles. The fourth-order valence-electron chi connectivity index (χ4n) is 3.29. The number of para-hydroxylation sites is 1. The molecule has 3 heteroatoms. The van der Waals surface area contributed by atoms with Gasteiger partial charge in [0, 0.05) is 17.1 Å². The molecule has 0 saturated carbocycles. The van der Waals surface area contributed by atoms with E-state index in [9.17, 15) is 5.11 Å². The first-order valence-corrected chi connectivity index (χ1v) is 8.22. The van der Waals surface area contributed by atoms with Crippen molar-refractivity contribution in [2.24, 2.45) is 0 Å². The second-order valence-electron chi connectivity index (χ2n) is 5.85. The van der Waals surface area contributed by atoms with Crippen molar-refractivity contribution in [1.82, 2.24) is 9.55 Å². The minimum atomic E-state index is -0.801. The lowest BCUT2D eigenvalue weighted by Crippen LogP contribution is -2.06. The number of nitrogens with zero attached hydrogens (tertiary/aromatic N) is 2. The highest BCUT2D eigenvalue weighted by molar-refractivity contribution is 5.99. The summed E-state index contributed by atoms with van der Waals surface area (Å²) < 4.78 is 2.02. The summed E-state index contributed by atoms with van der Waals surface area (Å²) in [4.78, 5) is 4.50. The molecule has 0 fully saturated rings. The molecule has 2 aromatic carbocycles. The van der Waals surface area contributed by atoms with Crippen LogP contribution in [0.5, 0.6) is 0 Å². The Hall–Kier alpha value is -3.17. The van der Waals surface area contributed by atoms with Crippen LogP contribution in [-0.2, 0) is 0 Å². The molecule has 0 bridgehead atoms. The summed E-state index contributed by atoms with van der Waals surface area (Å²) in [6.45, 7) is 3.79. The van der Waals surface area contributed by atoms with Gasteiger partial charge in [-0.2, -0.15) is 0 Å². The van der Waals surface area contributed by atoms with Gasteiger partial charge in [-0.1, -0.05) is 60.7 Å². The van der Waals surface area contributed by atoms with Crippen LogP contribution in [0.3, 0.4) is 0 Å². The van der Waals surface area contributed by atoms with Crippen LogP contribution in [0.2, 0.25) is 0 Å². The van der Waals surface area contributed by atoms with Crippen LogP contribution >= 0.6 is 0 Å². The van der Waals surface area contributed by atoms with Crippen LogP contribution in [0.25, 0.3) is 27.8 Å². The molecule has 0 radical (unpaired) electrons. The molecule has 1 N–H and O–H groups in total. The van der Waals surface area contributed by atoms with Gasteiger partial charge in [0.05, 0.1) is 11.2 Å². The van der Waals surface area contributed by atoms with E-state index in [1.807, 2.05) is 53.1 Å². The van der Waals surface area contributed by atoms with Crippen molar-refractivity contribution < 1.29 is 5.11 Å². The molecule has 2 aromatic heterocycles. The summed E-state index contributed by atoms with van der Waals surface area (Å²) in [5.74, 6) is 0.775. The number of benzene rings is 2. The van der Waals surface area contributed by atoms with Crippen molar-refractivity contribution in [1.29, 1.82) is 0 Å². The normalized spacial score (nSPS) is 12.2. The first-order chi connectivity index (χ1) is 12.3. The van der Waals surface area contributed by atoms with Crippen LogP contribution in [0.15, 0.2) is 91.6 Å². The van der Waals surface area contributed by atoms with E-state index in [2.05, 4.69) is 35.8 Å². The molecule has 0 aliphatic heterocycles. The summed E-state index contributed by atoms with van der Waals surface area (Å²) in [7, 11) is 0. The van der Waals surface area contributed by atoms with E-state index in [0.29, 0.717) is 0 Å². The van der Waals surface area contributed by atoms with Gasteiger partial charge in [0.15, 0.2) is 0 Å². The molecule has 25 heavy (non-hydrogen) atoms. The Bertz CT molecular complexity index is 944. The van der Waals surface area contributed by atoms with Crippen molar-refractivity contribution in [3.63, 3.8) is 0 Å². The number of aromatic nitrogens is 2. The summed E-state index contributed by atoms with van der Waals surface area (Å²) in [6.07, 6.45) is 2.51. The van der Waals surface area contributed by atoms with Crippen LogP contribution in [0, 0.1) is 0 Å². The lowest BCUT2D eigenvalue weighted by Gasteiger charge is -2.14. The first-order valence-electron chi connectivity index (χ1n) is 8.22. The molecule has 4 rings (SSSR count). The minimum Gasteiger partial charge on any atom is -0.383 e. The zero-order valence-corrected chi connectivity index (χ0v) is 13.7. The second kappa shape index (κ2) is 6.38. The van der Waals surface area contributed by atoms with Gasteiger partial charge in [-0.05, 0) is 23.8 Å². The maximum atomic E-state index is 10.7.